The van der Waals surface area contributed by atoms with E-state index in [4.69, 9.17) is 17.0 Å². The molecular formula is C14H13N3O3S3. The zero-order valence-electron chi connectivity index (χ0n) is 12.2. The maximum absolute atomic E-state index is 12.0. The number of hydrogen-bond donors (Lipinski definition) is 0. The van der Waals surface area contributed by atoms with Gasteiger partial charge >= 0.3 is 6.09 Å². The number of nitrogens with zero attached hydrogens (tertiary/aromatic N) is 3. The Morgan fingerprint density at radius 1 is 1.48 bits per heavy atom. The smallest absolute Gasteiger partial charge is 0.416 e. The van der Waals surface area contributed by atoms with E-state index in [1.165, 1.54) is 23.1 Å². The molecule has 1 aromatic carbocycles. The van der Waals surface area contributed by atoms with Crippen molar-refractivity contribution in [3.05, 3.63) is 33.8 Å². The normalized spacial score (nSPS) is 14.1. The van der Waals surface area contributed by atoms with Crippen molar-refractivity contribution in [2.45, 2.75) is 11.3 Å². The van der Waals surface area contributed by atoms with Crippen LogP contribution in [0.3, 0.4) is 0 Å². The average Bonchev–Trinajstić information content (AvgIpc) is 3.11. The van der Waals surface area contributed by atoms with Gasteiger partial charge in [-0.2, -0.15) is 0 Å². The molecule has 0 unspecified atom stereocenters. The van der Waals surface area contributed by atoms with Crippen molar-refractivity contribution in [1.82, 2.24) is 14.7 Å². The van der Waals surface area contributed by atoms with E-state index in [9.17, 15) is 9.59 Å². The van der Waals surface area contributed by atoms with E-state index < -0.39 is 6.09 Å². The van der Waals surface area contributed by atoms with Crippen molar-refractivity contribution in [3.8, 4) is 5.69 Å². The van der Waals surface area contributed by atoms with Crippen LogP contribution in [0.5, 0.6) is 0 Å². The average molecular weight is 367 g/mol. The van der Waals surface area contributed by atoms with Crippen LogP contribution in [0, 0.1) is 10.9 Å². The number of carbonyl (C=O) groups is 2. The molecule has 1 fully saturated rings. The van der Waals surface area contributed by atoms with Gasteiger partial charge in [-0.3, -0.25) is 4.79 Å². The van der Waals surface area contributed by atoms with Crippen LogP contribution in [0.15, 0.2) is 28.6 Å². The van der Waals surface area contributed by atoms with E-state index in [-0.39, 0.29) is 18.3 Å². The number of hydrogen-bond acceptors (Lipinski definition) is 7. The summed E-state index contributed by atoms with van der Waals surface area (Å²) in [6, 6.07) is 7.83. The fourth-order valence-electron chi connectivity index (χ4n) is 2.09. The number of carbonyl (C=O) groups excluding carboxylic acids is 2. The van der Waals surface area contributed by atoms with Gasteiger partial charge in [0, 0.05) is 0 Å². The maximum atomic E-state index is 12.0. The molecule has 1 aliphatic heterocycles. The highest BCUT2D eigenvalue weighted by atomic mass is 32.2. The lowest BCUT2D eigenvalue weighted by Crippen LogP contribution is -2.32. The Bertz CT molecular complexity index is 815. The monoisotopic (exact) mass is 367 g/mol. The van der Waals surface area contributed by atoms with E-state index >= 15 is 0 Å². The Kier molecular flexibility index (Phi) is 4.79. The minimum Gasteiger partial charge on any atom is -0.447 e. The Hall–Kier alpha value is -1.71. The predicted molar refractivity (Wildman–Crippen MR) is 90.8 cm³/mol. The van der Waals surface area contributed by atoms with Crippen LogP contribution in [-0.2, 0) is 9.53 Å². The second kappa shape index (κ2) is 6.81. The van der Waals surface area contributed by atoms with E-state index in [0.29, 0.717) is 14.8 Å². The number of cyclic esters (lactones) is 1. The molecule has 1 aromatic heterocycles. The second-order valence-electron chi connectivity index (χ2n) is 4.78. The highest BCUT2D eigenvalue weighted by Gasteiger charge is 2.28. The van der Waals surface area contributed by atoms with Gasteiger partial charge in [-0.25, -0.2) is 14.4 Å². The highest BCUT2D eigenvalue weighted by Crippen LogP contribution is 2.25. The van der Waals surface area contributed by atoms with Crippen LogP contribution in [0.4, 0.5) is 4.79 Å². The Morgan fingerprint density at radius 3 is 2.96 bits per heavy atom. The summed E-state index contributed by atoms with van der Waals surface area (Å²) in [5.41, 5.74) is 2.00. The van der Waals surface area contributed by atoms with Crippen LogP contribution < -0.4 is 0 Å². The Labute approximate surface area is 146 Å². The summed E-state index contributed by atoms with van der Waals surface area (Å²) < 4.78 is 7.77. The Balaban J connectivity index is 1.72. The molecule has 6 nitrogen and oxygen atoms in total. The number of aryl methyl sites for hydroxylation is 1. The summed E-state index contributed by atoms with van der Waals surface area (Å²) in [7, 11) is 0. The van der Waals surface area contributed by atoms with Gasteiger partial charge < -0.3 is 4.74 Å². The molecule has 2 amide bonds. The third-order valence-electron chi connectivity index (χ3n) is 3.25. The number of aromatic nitrogens is 2. The van der Waals surface area contributed by atoms with Gasteiger partial charge in [0.15, 0.2) is 8.29 Å². The van der Waals surface area contributed by atoms with E-state index in [1.807, 2.05) is 31.2 Å². The number of para-hydroxylation sites is 1. The third kappa shape index (κ3) is 3.46. The predicted octanol–water partition coefficient (Wildman–Crippen LogP) is 3.04. The Morgan fingerprint density at radius 2 is 2.26 bits per heavy atom. The molecule has 0 aliphatic carbocycles. The van der Waals surface area contributed by atoms with Crippen LogP contribution in [0.1, 0.15) is 5.56 Å². The summed E-state index contributed by atoms with van der Waals surface area (Å²) in [5.74, 6) is -0.147. The minimum atomic E-state index is -0.575. The van der Waals surface area contributed by atoms with Crippen molar-refractivity contribution >= 4 is 47.3 Å². The van der Waals surface area contributed by atoms with Gasteiger partial charge in [-0.05, 0) is 30.8 Å². The molecule has 0 N–H and O–H groups in total. The molecule has 23 heavy (non-hydrogen) atoms. The molecule has 1 aliphatic rings. The van der Waals surface area contributed by atoms with Crippen LogP contribution in [-0.4, -0.2) is 45.6 Å². The first-order valence-electron chi connectivity index (χ1n) is 6.82. The van der Waals surface area contributed by atoms with Gasteiger partial charge in [0.2, 0.25) is 5.91 Å². The molecule has 120 valence electrons. The minimum absolute atomic E-state index is 0.130. The standard InChI is InChI=1S/C14H13N3O3S3/c1-9-4-2-3-5-10(9)17-14(21)23-12(15-17)22-8-11(18)16-6-7-20-13(16)19/h2-5H,6-8H2,1H3. The van der Waals surface area contributed by atoms with Crippen LogP contribution in [0.25, 0.3) is 5.69 Å². The van der Waals surface area contributed by atoms with Crippen LogP contribution >= 0.6 is 35.3 Å². The molecule has 1 saturated heterocycles. The first-order valence-corrected chi connectivity index (χ1v) is 9.03. The lowest BCUT2D eigenvalue weighted by Gasteiger charge is -2.08. The van der Waals surface area contributed by atoms with Gasteiger partial charge in [-0.1, -0.05) is 41.3 Å². The molecule has 2 heterocycles. The van der Waals surface area contributed by atoms with Crippen molar-refractivity contribution in [3.63, 3.8) is 0 Å². The number of ether oxygens (including phenoxy) is 1. The molecule has 0 atom stereocenters. The highest BCUT2D eigenvalue weighted by molar-refractivity contribution is 8.01. The number of rotatable bonds is 4. The van der Waals surface area contributed by atoms with Crippen LogP contribution in [0.2, 0.25) is 0 Å². The summed E-state index contributed by atoms with van der Waals surface area (Å²) in [5, 5.41) is 4.47. The lowest BCUT2D eigenvalue weighted by molar-refractivity contribution is -0.125. The SMILES string of the molecule is Cc1ccccc1-n1nc(SCC(=O)N2CCOC2=O)sc1=S. The van der Waals surface area contributed by atoms with Gasteiger partial charge in [-0.15, -0.1) is 5.10 Å². The largest absolute Gasteiger partial charge is 0.447 e. The fraction of sp³-hybridized carbons (Fsp3) is 0.286. The van der Waals surface area contributed by atoms with Crippen molar-refractivity contribution < 1.29 is 14.3 Å². The summed E-state index contributed by atoms with van der Waals surface area (Å²) >= 11 is 7.98. The molecule has 0 bridgehead atoms. The summed E-state index contributed by atoms with van der Waals surface area (Å²) in [6.07, 6.45) is -0.575. The molecule has 0 radical (unpaired) electrons. The second-order valence-corrected chi connectivity index (χ2v) is 7.63. The van der Waals surface area contributed by atoms with Crippen molar-refractivity contribution in [2.24, 2.45) is 0 Å². The lowest BCUT2D eigenvalue weighted by atomic mass is 10.2. The molecule has 9 heteroatoms. The van der Waals surface area contributed by atoms with Gasteiger partial charge in [0.05, 0.1) is 18.0 Å². The fourth-order valence-corrected chi connectivity index (χ4v) is 4.32. The zero-order chi connectivity index (χ0) is 16.4. The van der Waals surface area contributed by atoms with Gasteiger partial charge in [0.1, 0.15) is 6.61 Å². The van der Waals surface area contributed by atoms with Crippen molar-refractivity contribution in [1.29, 1.82) is 0 Å². The molecule has 0 saturated carbocycles. The first kappa shape index (κ1) is 16.2. The molecule has 0 spiro atoms. The van der Waals surface area contributed by atoms with E-state index in [2.05, 4.69) is 5.10 Å². The number of thioether (sulfide) groups is 1. The first-order chi connectivity index (χ1) is 11.1. The van der Waals surface area contributed by atoms with Gasteiger partial charge in [0.25, 0.3) is 0 Å². The van der Waals surface area contributed by atoms with E-state index in [1.54, 1.807) is 4.68 Å². The molecular weight excluding hydrogens is 354 g/mol. The number of imide groups is 1. The molecule has 3 rings (SSSR count). The zero-order valence-corrected chi connectivity index (χ0v) is 14.7. The topological polar surface area (TPSA) is 64.4 Å². The van der Waals surface area contributed by atoms with Crippen molar-refractivity contribution in [2.75, 3.05) is 18.9 Å². The number of benzene rings is 1. The number of amides is 2. The van der Waals surface area contributed by atoms with E-state index in [0.717, 1.165) is 16.2 Å². The quantitative estimate of drug-likeness (QED) is 0.611. The summed E-state index contributed by atoms with van der Waals surface area (Å²) in [4.78, 5) is 24.5. The maximum Gasteiger partial charge on any atom is 0.416 e. The molecule has 2 aromatic rings. The summed E-state index contributed by atoms with van der Waals surface area (Å²) in [6.45, 7) is 2.56. The third-order valence-corrected chi connectivity index (χ3v) is 5.60.